The summed E-state index contributed by atoms with van der Waals surface area (Å²) in [4.78, 5) is 19.7. The molecule has 7 nitrogen and oxygen atoms in total. The van der Waals surface area contributed by atoms with Gasteiger partial charge in [-0.1, -0.05) is 5.16 Å². The lowest BCUT2D eigenvalue weighted by molar-refractivity contribution is -0.134. The number of benzene rings is 1. The van der Waals surface area contributed by atoms with Crippen LogP contribution in [-0.4, -0.2) is 59.1 Å². The van der Waals surface area contributed by atoms with Crippen molar-refractivity contribution in [2.24, 2.45) is 0 Å². The van der Waals surface area contributed by atoms with Crippen LogP contribution in [0.4, 0.5) is 13.2 Å². The van der Waals surface area contributed by atoms with Crippen LogP contribution in [0, 0.1) is 5.82 Å². The van der Waals surface area contributed by atoms with E-state index in [1.807, 2.05) is 25.9 Å². The summed E-state index contributed by atoms with van der Waals surface area (Å²) in [7, 11) is 3.74. The SMILES string of the molecule is CC1COc2cc(-c3noc(C(C)(F)F)n3)cc(F)c2CN1C(=O)CCN(C)C. The van der Waals surface area contributed by atoms with Gasteiger partial charge >= 0.3 is 5.92 Å². The molecule has 0 radical (unpaired) electrons. The Morgan fingerprint density at radius 3 is 2.72 bits per heavy atom. The number of amides is 1. The Morgan fingerprint density at radius 2 is 2.10 bits per heavy atom. The lowest BCUT2D eigenvalue weighted by Crippen LogP contribution is -2.40. The largest absolute Gasteiger partial charge is 0.491 e. The predicted octanol–water partition coefficient (Wildman–Crippen LogP) is 3.05. The van der Waals surface area contributed by atoms with Crippen LogP contribution in [0.15, 0.2) is 16.7 Å². The maximum absolute atomic E-state index is 14.9. The second kappa shape index (κ2) is 8.02. The van der Waals surface area contributed by atoms with Gasteiger partial charge in [-0.05, 0) is 33.2 Å². The first-order valence-corrected chi connectivity index (χ1v) is 9.18. The molecule has 1 aliphatic rings. The summed E-state index contributed by atoms with van der Waals surface area (Å²) in [6, 6.07) is 2.35. The minimum absolute atomic E-state index is 0.0550. The molecule has 3 rings (SSSR count). The molecule has 0 aliphatic carbocycles. The van der Waals surface area contributed by atoms with Crippen molar-refractivity contribution in [1.82, 2.24) is 19.9 Å². The molecule has 0 fully saturated rings. The highest BCUT2D eigenvalue weighted by Crippen LogP contribution is 2.34. The third-order valence-corrected chi connectivity index (χ3v) is 4.65. The molecule has 1 unspecified atom stereocenters. The number of hydrogen-bond donors (Lipinski definition) is 0. The lowest BCUT2D eigenvalue weighted by Gasteiger charge is -2.27. The molecule has 1 atom stereocenters. The van der Waals surface area contributed by atoms with Crippen LogP contribution in [0.5, 0.6) is 5.75 Å². The molecular formula is C19H23F3N4O3. The first-order valence-electron chi connectivity index (χ1n) is 9.18. The van der Waals surface area contributed by atoms with Gasteiger partial charge in [-0.25, -0.2) is 4.39 Å². The highest BCUT2D eigenvalue weighted by atomic mass is 19.3. The Bertz CT molecular complexity index is 895. The van der Waals surface area contributed by atoms with E-state index in [1.165, 1.54) is 6.07 Å². The van der Waals surface area contributed by atoms with E-state index in [-0.39, 0.29) is 47.8 Å². The number of carbonyl (C=O) groups is 1. The van der Waals surface area contributed by atoms with Crippen molar-refractivity contribution in [2.75, 3.05) is 27.2 Å². The smallest absolute Gasteiger partial charge is 0.322 e. The third kappa shape index (κ3) is 4.69. The van der Waals surface area contributed by atoms with Crippen LogP contribution in [0.3, 0.4) is 0 Å². The molecule has 1 amide bonds. The number of nitrogens with zero attached hydrogens (tertiary/aromatic N) is 4. The third-order valence-electron chi connectivity index (χ3n) is 4.65. The summed E-state index contributed by atoms with van der Waals surface area (Å²) >= 11 is 0. The summed E-state index contributed by atoms with van der Waals surface area (Å²) in [5, 5.41) is 3.51. The average molecular weight is 412 g/mol. The Morgan fingerprint density at radius 1 is 1.38 bits per heavy atom. The van der Waals surface area contributed by atoms with Crippen LogP contribution < -0.4 is 4.74 Å². The highest BCUT2D eigenvalue weighted by molar-refractivity contribution is 5.77. The normalized spacial score (nSPS) is 17.1. The summed E-state index contributed by atoms with van der Waals surface area (Å²) in [5.41, 5.74) is 0.376. The molecule has 0 spiro atoms. The van der Waals surface area contributed by atoms with Crippen LogP contribution in [0.25, 0.3) is 11.4 Å². The molecule has 2 aromatic rings. The molecule has 2 heterocycles. The fourth-order valence-electron chi connectivity index (χ4n) is 2.97. The molecule has 10 heteroatoms. The summed E-state index contributed by atoms with van der Waals surface area (Å²) in [6.07, 6.45) is 0.309. The number of rotatable bonds is 5. The van der Waals surface area contributed by atoms with E-state index in [0.29, 0.717) is 19.9 Å². The van der Waals surface area contributed by atoms with Gasteiger partial charge in [0.1, 0.15) is 18.2 Å². The molecule has 0 bridgehead atoms. The number of carbonyl (C=O) groups excluding carboxylic acids is 1. The Balaban J connectivity index is 1.88. The maximum Gasteiger partial charge on any atom is 0.322 e. The minimum Gasteiger partial charge on any atom is -0.491 e. The topological polar surface area (TPSA) is 71.7 Å². The molecule has 1 aliphatic heterocycles. The Labute approximate surface area is 166 Å². The zero-order valence-electron chi connectivity index (χ0n) is 16.7. The zero-order chi connectivity index (χ0) is 21.3. The standard InChI is InChI=1S/C19H23F3N4O3/c1-11-10-28-15-8-12(17-23-18(29-24-17)19(2,21)22)7-14(20)13(15)9-26(11)16(27)5-6-25(3)4/h7-8,11H,5-6,9-10H2,1-4H3. The molecule has 1 aromatic heterocycles. The second-order valence-electron chi connectivity index (χ2n) is 7.48. The van der Waals surface area contributed by atoms with E-state index in [4.69, 9.17) is 4.74 Å². The molecule has 158 valence electrons. The van der Waals surface area contributed by atoms with Gasteiger partial charge in [-0.3, -0.25) is 4.79 Å². The molecular weight excluding hydrogens is 389 g/mol. The number of alkyl halides is 2. The van der Waals surface area contributed by atoms with Crippen molar-refractivity contribution in [3.05, 3.63) is 29.4 Å². The molecule has 0 N–H and O–H groups in total. The molecule has 1 aromatic carbocycles. The van der Waals surface area contributed by atoms with Gasteiger partial charge in [-0.2, -0.15) is 13.8 Å². The van der Waals surface area contributed by atoms with E-state index >= 15 is 0 Å². The summed E-state index contributed by atoms with van der Waals surface area (Å²) in [5.74, 6) is -4.82. The molecule has 29 heavy (non-hydrogen) atoms. The number of halogens is 3. The first kappa shape index (κ1) is 21.1. The predicted molar refractivity (Wildman–Crippen MR) is 97.9 cm³/mol. The van der Waals surface area contributed by atoms with Crippen molar-refractivity contribution >= 4 is 5.91 Å². The van der Waals surface area contributed by atoms with Gasteiger partial charge in [0, 0.05) is 31.0 Å². The van der Waals surface area contributed by atoms with Gasteiger partial charge in [-0.15, -0.1) is 0 Å². The van der Waals surface area contributed by atoms with Crippen LogP contribution >= 0.6 is 0 Å². The first-order chi connectivity index (χ1) is 13.6. The Hall–Kier alpha value is -2.62. The average Bonchev–Trinajstić information content (AvgIpc) is 3.07. The van der Waals surface area contributed by atoms with Crippen LogP contribution in [-0.2, 0) is 17.3 Å². The van der Waals surface area contributed by atoms with Crippen molar-refractivity contribution in [3.63, 3.8) is 0 Å². The number of aromatic nitrogens is 2. The fraction of sp³-hybridized carbons (Fsp3) is 0.526. The van der Waals surface area contributed by atoms with Crippen LogP contribution in [0.1, 0.15) is 31.7 Å². The van der Waals surface area contributed by atoms with Gasteiger partial charge < -0.3 is 19.1 Å². The molecule has 0 saturated heterocycles. The molecule has 0 saturated carbocycles. The number of ether oxygens (including phenoxy) is 1. The maximum atomic E-state index is 14.9. The van der Waals surface area contributed by atoms with Gasteiger partial charge in [0.05, 0.1) is 12.6 Å². The number of hydrogen-bond acceptors (Lipinski definition) is 6. The lowest BCUT2D eigenvalue weighted by atomic mass is 10.1. The summed E-state index contributed by atoms with van der Waals surface area (Å²) in [6.45, 7) is 3.27. The van der Waals surface area contributed by atoms with E-state index in [1.54, 1.807) is 4.90 Å². The van der Waals surface area contributed by atoms with Crippen molar-refractivity contribution in [2.45, 2.75) is 38.8 Å². The highest BCUT2D eigenvalue weighted by Gasteiger charge is 2.33. The quantitative estimate of drug-likeness (QED) is 0.752. The number of fused-ring (bicyclic) bond motifs is 1. The van der Waals surface area contributed by atoms with Gasteiger partial charge in [0.15, 0.2) is 0 Å². The Kier molecular flexibility index (Phi) is 5.83. The monoisotopic (exact) mass is 412 g/mol. The fourth-order valence-corrected chi connectivity index (χ4v) is 2.97. The van der Waals surface area contributed by atoms with E-state index in [0.717, 1.165) is 6.07 Å². The van der Waals surface area contributed by atoms with Crippen molar-refractivity contribution in [1.29, 1.82) is 0 Å². The second-order valence-corrected chi connectivity index (χ2v) is 7.48. The van der Waals surface area contributed by atoms with Crippen molar-refractivity contribution in [3.8, 4) is 17.1 Å². The van der Waals surface area contributed by atoms with Gasteiger partial charge in [0.25, 0.3) is 5.89 Å². The summed E-state index contributed by atoms with van der Waals surface area (Å²) < 4.78 is 51.8. The van der Waals surface area contributed by atoms with Crippen LogP contribution in [0.2, 0.25) is 0 Å². The van der Waals surface area contributed by atoms with E-state index in [9.17, 15) is 18.0 Å². The van der Waals surface area contributed by atoms with Crippen molar-refractivity contribution < 1.29 is 27.2 Å². The minimum atomic E-state index is -3.30. The van der Waals surface area contributed by atoms with Gasteiger partial charge in [0.2, 0.25) is 11.7 Å². The van der Waals surface area contributed by atoms with E-state index in [2.05, 4.69) is 14.7 Å². The van der Waals surface area contributed by atoms with E-state index < -0.39 is 17.6 Å². The zero-order valence-corrected chi connectivity index (χ0v) is 16.7.